The second kappa shape index (κ2) is 6.32. The molecule has 2 nitrogen and oxygen atoms in total. The fraction of sp³-hybridized carbons (Fsp3) is 0.857. The first-order chi connectivity index (χ1) is 5.31. The van der Waals surface area contributed by atoms with Gasteiger partial charge < -0.3 is 10.6 Å². The Bertz CT molecular complexity index is 159. The van der Waals surface area contributed by atoms with Crippen LogP contribution in [0.15, 0.2) is 0 Å². The van der Waals surface area contributed by atoms with Gasteiger partial charge in [0.1, 0.15) is 0 Å². The summed E-state index contributed by atoms with van der Waals surface area (Å²) < 4.78 is 23.4. The molecule has 0 aliphatic rings. The van der Waals surface area contributed by atoms with Crippen molar-refractivity contribution in [3.63, 3.8) is 0 Å². The first kappa shape index (κ1) is 15.3. The minimum absolute atomic E-state index is 0. The molecule has 0 spiro atoms. The third-order valence-electron chi connectivity index (χ3n) is 0.905. The summed E-state index contributed by atoms with van der Waals surface area (Å²) in [6, 6.07) is 0. The van der Waals surface area contributed by atoms with Gasteiger partial charge in [0.05, 0.1) is 6.54 Å². The fourth-order valence-electron chi connectivity index (χ4n) is 0.555. The van der Waals surface area contributed by atoms with Crippen molar-refractivity contribution >= 4 is 29.7 Å². The molecule has 0 aliphatic carbocycles. The average molecular weight is 233 g/mol. The molecule has 0 aromatic carbocycles. The van der Waals surface area contributed by atoms with Crippen LogP contribution in [-0.2, 0) is 0 Å². The summed E-state index contributed by atoms with van der Waals surface area (Å²) in [5, 5.41) is 5.54. The van der Waals surface area contributed by atoms with Crippen LogP contribution in [0.1, 0.15) is 20.8 Å². The Morgan fingerprint density at radius 2 is 1.85 bits per heavy atom. The second-order valence-electron chi connectivity index (χ2n) is 3.48. The largest absolute Gasteiger partial charge is 0.358 e. The van der Waals surface area contributed by atoms with Crippen LogP contribution in [-0.4, -0.2) is 23.6 Å². The summed E-state index contributed by atoms with van der Waals surface area (Å²) in [6.07, 6.45) is -2.37. The molecule has 0 fully saturated rings. The minimum Gasteiger partial charge on any atom is -0.358 e. The molecule has 6 heteroatoms. The van der Waals surface area contributed by atoms with Crippen molar-refractivity contribution in [1.82, 2.24) is 10.6 Å². The lowest BCUT2D eigenvalue weighted by Crippen LogP contribution is -2.47. The number of nitrogens with one attached hydrogen (secondary N) is 2. The summed E-state index contributed by atoms with van der Waals surface area (Å²) in [4.78, 5) is 0. The molecule has 0 rings (SSSR count). The Morgan fingerprint density at radius 3 is 2.15 bits per heavy atom. The van der Waals surface area contributed by atoms with E-state index in [1.165, 1.54) is 0 Å². The van der Waals surface area contributed by atoms with Crippen molar-refractivity contribution in [1.29, 1.82) is 0 Å². The molecule has 0 unspecified atom stereocenters. The second-order valence-corrected chi connectivity index (χ2v) is 3.88. The zero-order chi connectivity index (χ0) is 9.78. The molecular formula is C7H15ClF2N2S. The highest BCUT2D eigenvalue weighted by Crippen LogP contribution is 1.97. The van der Waals surface area contributed by atoms with E-state index in [-0.39, 0.29) is 23.1 Å². The van der Waals surface area contributed by atoms with Crippen molar-refractivity contribution < 1.29 is 8.78 Å². The third-order valence-corrected chi connectivity index (χ3v) is 1.15. The number of hydrogen-bond donors (Lipinski definition) is 2. The van der Waals surface area contributed by atoms with Gasteiger partial charge in [-0.15, -0.1) is 12.4 Å². The normalized spacial score (nSPS) is 10.6. The summed E-state index contributed by atoms with van der Waals surface area (Å²) >= 11 is 4.76. The lowest BCUT2D eigenvalue weighted by molar-refractivity contribution is 0.152. The van der Waals surface area contributed by atoms with Crippen LogP contribution >= 0.6 is 24.6 Å². The molecule has 0 amide bonds. The van der Waals surface area contributed by atoms with Crippen molar-refractivity contribution in [3.05, 3.63) is 0 Å². The number of alkyl halides is 2. The zero-order valence-corrected chi connectivity index (χ0v) is 9.49. The summed E-state index contributed by atoms with van der Waals surface area (Å²) in [6.45, 7) is 5.32. The fourth-order valence-corrected chi connectivity index (χ4v) is 0.944. The standard InChI is InChI=1S/C7H14F2N2S.ClH/c1-7(2,3)11-6(12)10-4-5(8)9;/h5H,4H2,1-3H3,(H2,10,11,12);1H. The lowest BCUT2D eigenvalue weighted by Gasteiger charge is -2.22. The van der Waals surface area contributed by atoms with Crippen LogP contribution in [0, 0.1) is 0 Å². The Morgan fingerprint density at radius 1 is 1.38 bits per heavy atom. The molecule has 0 atom stereocenters. The topological polar surface area (TPSA) is 24.1 Å². The van der Waals surface area contributed by atoms with Crippen molar-refractivity contribution in [2.24, 2.45) is 0 Å². The van der Waals surface area contributed by atoms with Crippen molar-refractivity contribution in [2.45, 2.75) is 32.7 Å². The van der Waals surface area contributed by atoms with Gasteiger partial charge >= 0.3 is 0 Å². The van der Waals surface area contributed by atoms with Crippen LogP contribution in [0.3, 0.4) is 0 Å². The molecule has 0 bridgehead atoms. The molecule has 0 aliphatic heterocycles. The van der Waals surface area contributed by atoms with Gasteiger partial charge in [0.25, 0.3) is 6.43 Å². The molecule has 0 aromatic heterocycles. The van der Waals surface area contributed by atoms with E-state index >= 15 is 0 Å². The summed E-state index contributed by atoms with van der Waals surface area (Å²) in [5.41, 5.74) is -0.188. The first-order valence-corrected chi connectivity index (χ1v) is 4.06. The number of thiocarbonyl (C=S) groups is 1. The predicted octanol–water partition coefficient (Wildman–Crippen LogP) is 1.94. The Balaban J connectivity index is 0. The Labute approximate surface area is 88.9 Å². The van der Waals surface area contributed by atoms with Crippen LogP contribution in [0.4, 0.5) is 8.78 Å². The Hall–Kier alpha value is -0.160. The van der Waals surface area contributed by atoms with Crippen molar-refractivity contribution in [2.75, 3.05) is 6.54 Å². The number of halogens is 3. The highest BCUT2D eigenvalue weighted by Gasteiger charge is 2.11. The maximum Gasteiger partial charge on any atom is 0.255 e. The molecule has 0 saturated carbocycles. The van der Waals surface area contributed by atoms with Gasteiger partial charge in [-0.05, 0) is 33.0 Å². The van der Waals surface area contributed by atoms with E-state index < -0.39 is 13.0 Å². The average Bonchev–Trinajstić information content (AvgIpc) is 1.79. The molecule has 0 heterocycles. The first-order valence-electron chi connectivity index (χ1n) is 3.65. The van der Waals surface area contributed by atoms with Crippen LogP contribution in [0.2, 0.25) is 0 Å². The van der Waals surface area contributed by atoms with Crippen LogP contribution < -0.4 is 10.6 Å². The number of hydrogen-bond acceptors (Lipinski definition) is 1. The summed E-state index contributed by atoms with van der Waals surface area (Å²) in [7, 11) is 0. The van der Waals surface area contributed by atoms with Gasteiger partial charge in [0, 0.05) is 5.54 Å². The van der Waals surface area contributed by atoms with Crippen LogP contribution in [0.5, 0.6) is 0 Å². The highest BCUT2D eigenvalue weighted by atomic mass is 35.5. The third kappa shape index (κ3) is 11.8. The smallest absolute Gasteiger partial charge is 0.255 e. The molecule has 13 heavy (non-hydrogen) atoms. The van der Waals surface area contributed by atoms with E-state index in [0.717, 1.165) is 0 Å². The van der Waals surface area contributed by atoms with E-state index in [4.69, 9.17) is 12.2 Å². The molecule has 0 saturated heterocycles. The highest BCUT2D eigenvalue weighted by molar-refractivity contribution is 7.80. The maximum absolute atomic E-state index is 11.7. The lowest BCUT2D eigenvalue weighted by atomic mass is 10.1. The van der Waals surface area contributed by atoms with Gasteiger partial charge in [0.15, 0.2) is 5.11 Å². The molecule has 2 N–H and O–H groups in total. The maximum atomic E-state index is 11.7. The summed E-state index contributed by atoms with van der Waals surface area (Å²) in [5.74, 6) is 0. The van der Waals surface area contributed by atoms with Gasteiger partial charge in [-0.2, -0.15) is 0 Å². The van der Waals surface area contributed by atoms with E-state index in [2.05, 4.69) is 10.6 Å². The van der Waals surface area contributed by atoms with E-state index in [1.807, 2.05) is 20.8 Å². The number of rotatable bonds is 2. The minimum atomic E-state index is -2.37. The molecular weight excluding hydrogens is 218 g/mol. The van der Waals surface area contributed by atoms with Gasteiger partial charge in [-0.25, -0.2) is 8.78 Å². The van der Waals surface area contributed by atoms with Crippen molar-refractivity contribution in [3.8, 4) is 0 Å². The molecule has 80 valence electrons. The van der Waals surface area contributed by atoms with E-state index in [0.29, 0.717) is 0 Å². The molecule has 0 aromatic rings. The van der Waals surface area contributed by atoms with E-state index in [9.17, 15) is 8.78 Å². The molecule has 0 radical (unpaired) electrons. The van der Waals surface area contributed by atoms with Crippen LogP contribution in [0.25, 0.3) is 0 Å². The Kier molecular flexibility index (Phi) is 7.44. The van der Waals surface area contributed by atoms with Gasteiger partial charge in [-0.3, -0.25) is 0 Å². The monoisotopic (exact) mass is 232 g/mol. The SMILES string of the molecule is CC(C)(C)NC(=S)NCC(F)F.Cl. The zero-order valence-electron chi connectivity index (χ0n) is 7.86. The predicted molar refractivity (Wildman–Crippen MR) is 56.7 cm³/mol. The van der Waals surface area contributed by atoms with Gasteiger partial charge in [0.2, 0.25) is 0 Å². The van der Waals surface area contributed by atoms with Gasteiger partial charge in [-0.1, -0.05) is 0 Å². The van der Waals surface area contributed by atoms with E-state index in [1.54, 1.807) is 0 Å². The quantitative estimate of drug-likeness (QED) is 0.712.